The molecule has 0 radical (unpaired) electrons. The third-order valence-electron chi connectivity index (χ3n) is 3.10. The number of amides is 1. The highest BCUT2D eigenvalue weighted by molar-refractivity contribution is 6.30. The smallest absolute Gasteiger partial charge is 0.252 e. The highest BCUT2D eigenvalue weighted by Gasteiger charge is 2.14. The van der Waals surface area contributed by atoms with Gasteiger partial charge < -0.3 is 10.4 Å². The maximum atomic E-state index is 12.3. The van der Waals surface area contributed by atoms with Crippen LogP contribution in [-0.4, -0.2) is 28.6 Å². The van der Waals surface area contributed by atoms with Gasteiger partial charge in [0.25, 0.3) is 5.91 Å². The van der Waals surface area contributed by atoms with Gasteiger partial charge in [-0.2, -0.15) is 0 Å². The van der Waals surface area contributed by atoms with Crippen molar-refractivity contribution in [1.29, 1.82) is 0 Å². The predicted molar refractivity (Wildman–Crippen MR) is 80.0 cm³/mol. The lowest BCUT2D eigenvalue weighted by Gasteiger charge is -2.14. The molecule has 0 fully saturated rings. The average molecular weight is 293 g/mol. The summed E-state index contributed by atoms with van der Waals surface area (Å²) in [5.74, 6) is -0.170. The van der Waals surface area contributed by atoms with Crippen LogP contribution in [0.15, 0.2) is 30.3 Å². The minimum absolute atomic E-state index is 0.000327. The number of para-hydroxylation sites is 1. The topological polar surface area (TPSA) is 62.2 Å². The molecule has 2 N–H and O–H groups in total. The molecule has 1 amide bonds. The van der Waals surface area contributed by atoms with Crippen LogP contribution in [0.25, 0.3) is 10.9 Å². The Morgan fingerprint density at radius 1 is 1.45 bits per heavy atom. The fourth-order valence-electron chi connectivity index (χ4n) is 2.10. The number of hydrogen-bond donors (Lipinski definition) is 2. The van der Waals surface area contributed by atoms with Crippen molar-refractivity contribution < 1.29 is 9.90 Å². The maximum absolute atomic E-state index is 12.3. The van der Waals surface area contributed by atoms with Crippen LogP contribution in [0, 0.1) is 0 Å². The zero-order chi connectivity index (χ0) is 14.5. The van der Waals surface area contributed by atoms with E-state index in [1.54, 1.807) is 6.07 Å². The van der Waals surface area contributed by atoms with E-state index in [0.717, 1.165) is 11.8 Å². The van der Waals surface area contributed by atoms with Crippen LogP contribution in [0.4, 0.5) is 0 Å². The SMILES string of the molecule is CC(CCCO)NC(=O)c1cc(Cl)nc2ccccc12. The van der Waals surface area contributed by atoms with Crippen molar-refractivity contribution in [1.82, 2.24) is 10.3 Å². The number of rotatable bonds is 5. The summed E-state index contributed by atoms with van der Waals surface area (Å²) in [6, 6.07) is 8.98. The second kappa shape index (κ2) is 6.68. The molecule has 1 heterocycles. The number of benzene rings is 1. The minimum atomic E-state index is -0.170. The van der Waals surface area contributed by atoms with Gasteiger partial charge in [0.1, 0.15) is 5.15 Å². The van der Waals surface area contributed by atoms with Crippen LogP contribution < -0.4 is 5.32 Å². The van der Waals surface area contributed by atoms with Crippen molar-refractivity contribution in [3.05, 3.63) is 41.0 Å². The molecule has 0 bridgehead atoms. The van der Waals surface area contributed by atoms with Crippen molar-refractivity contribution in [2.75, 3.05) is 6.61 Å². The second-order valence-electron chi connectivity index (χ2n) is 4.75. The molecule has 106 valence electrons. The van der Waals surface area contributed by atoms with Gasteiger partial charge in [0.15, 0.2) is 0 Å². The van der Waals surface area contributed by atoms with Gasteiger partial charge in [-0.3, -0.25) is 4.79 Å². The third-order valence-corrected chi connectivity index (χ3v) is 3.30. The molecule has 1 aromatic carbocycles. The highest BCUT2D eigenvalue weighted by Crippen LogP contribution is 2.20. The molecular formula is C15H17ClN2O2. The Morgan fingerprint density at radius 3 is 2.95 bits per heavy atom. The predicted octanol–water partition coefficient (Wildman–Crippen LogP) is 2.78. The van der Waals surface area contributed by atoms with E-state index < -0.39 is 0 Å². The van der Waals surface area contributed by atoms with Crippen molar-refractivity contribution in [3.63, 3.8) is 0 Å². The van der Waals surface area contributed by atoms with Gasteiger partial charge in [0, 0.05) is 18.0 Å². The zero-order valence-corrected chi connectivity index (χ0v) is 12.0. The molecule has 5 heteroatoms. The first-order valence-electron chi connectivity index (χ1n) is 6.59. The summed E-state index contributed by atoms with van der Waals surface area (Å²) < 4.78 is 0. The first-order chi connectivity index (χ1) is 9.61. The molecule has 0 aliphatic heterocycles. The van der Waals surface area contributed by atoms with Crippen LogP contribution in [0.2, 0.25) is 5.15 Å². The standard InChI is InChI=1S/C15H17ClN2O2/c1-10(5-4-8-19)17-15(20)12-9-14(16)18-13-7-3-2-6-11(12)13/h2-3,6-7,9-10,19H,4-5,8H2,1H3,(H,17,20). The van der Waals surface area contributed by atoms with Crippen LogP contribution >= 0.6 is 11.6 Å². The molecule has 2 rings (SSSR count). The van der Waals surface area contributed by atoms with Crippen molar-refractivity contribution in [2.24, 2.45) is 0 Å². The van der Waals surface area contributed by atoms with Gasteiger partial charge in [-0.05, 0) is 31.9 Å². The molecule has 0 saturated carbocycles. The highest BCUT2D eigenvalue weighted by atomic mass is 35.5. The fraction of sp³-hybridized carbons (Fsp3) is 0.333. The molecule has 0 aliphatic rings. The van der Waals surface area contributed by atoms with E-state index >= 15 is 0 Å². The number of aromatic nitrogens is 1. The summed E-state index contributed by atoms with van der Waals surface area (Å²) in [6.45, 7) is 2.04. The average Bonchev–Trinajstić information content (AvgIpc) is 2.44. The van der Waals surface area contributed by atoms with Crippen molar-refractivity contribution >= 4 is 28.4 Å². The number of nitrogens with one attached hydrogen (secondary N) is 1. The minimum Gasteiger partial charge on any atom is -0.396 e. The summed E-state index contributed by atoms with van der Waals surface area (Å²) in [5, 5.41) is 12.8. The Balaban J connectivity index is 2.25. The first-order valence-corrected chi connectivity index (χ1v) is 6.96. The van der Waals surface area contributed by atoms with E-state index in [9.17, 15) is 4.79 Å². The third kappa shape index (κ3) is 3.46. The number of nitrogens with zero attached hydrogens (tertiary/aromatic N) is 1. The number of halogens is 1. The molecule has 4 nitrogen and oxygen atoms in total. The quantitative estimate of drug-likeness (QED) is 0.833. The molecule has 1 unspecified atom stereocenters. The molecule has 0 saturated heterocycles. The van der Waals surface area contributed by atoms with Crippen LogP contribution in [-0.2, 0) is 0 Å². The molecule has 0 aliphatic carbocycles. The molecule has 1 atom stereocenters. The van der Waals surface area contributed by atoms with Gasteiger partial charge in [-0.15, -0.1) is 0 Å². The first kappa shape index (κ1) is 14.8. The number of hydrogen-bond acceptors (Lipinski definition) is 3. The number of pyridine rings is 1. The molecular weight excluding hydrogens is 276 g/mol. The van der Waals surface area contributed by atoms with E-state index in [4.69, 9.17) is 16.7 Å². The molecule has 0 spiro atoms. The van der Waals surface area contributed by atoms with Gasteiger partial charge in [0.2, 0.25) is 0 Å². The van der Waals surface area contributed by atoms with Gasteiger partial charge >= 0.3 is 0 Å². The molecule has 1 aromatic heterocycles. The Labute approximate surface area is 122 Å². The van der Waals surface area contributed by atoms with E-state index in [0.29, 0.717) is 22.7 Å². The van der Waals surface area contributed by atoms with E-state index in [1.807, 2.05) is 31.2 Å². The van der Waals surface area contributed by atoms with Crippen molar-refractivity contribution in [3.8, 4) is 0 Å². The number of aliphatic hydroxyl groups excluding tert-OH is 1. The number of carbonyl (C=O) groups excluding carboxylic acids is 1. The Bertz CT molecular complexity index is 616. The van der Waals surface area contributed by atoms with Crippen LogP contribution in [0.3, 0.4) is 0 Å². The molecule has 2 aromatic rings. The normalized spacial score (nSPS) is 12.3. The van der Waals surface area contributed by atoms with Gasteiger partial charge in [-0.25, -0.2) is 4.98 Å². The second-order valence-corrected chi connectivity index (χ2v) is 5.14. The van der Waals surface area contributed by atoms with E-state index in [2.05, 4.69) is 10.3 Å². The largest absolute Gasteiger partial charge is 0.396 e. The summed E-state index contributed by atoms with van der Waals surface area (Å²) in [6.07, 6.45) is 1.40. The lowest BCUT2D eigenvalue weighted by atomic mass is 10.1. The maximum Gasteiger partial charge on any atom is 0.252 e. The number of aliphatic hydroxyl groups is 1. The zero-order valence-electron chi connectivity index (χ0n) is 11.3. The number of fused-ring (bicyclic) bond motifs is 1. The fourth-order valence-corrected chi connectivity index (χ4v) is 2.30. The van der Waals surface area contributed by atoms with Gasteiger partial charge in [0.05, 0.1) is 11.1 Å². The lowest BCUT2D eigenvalue weighted by molar-refractivity contribution is 0.0938. The van der Waals surface area contributed by atoms with E-state index in [-0.39, 0.29) is 18.6 Å². The van der Waals surface area contributed by atoms with Crippen LogP contribution in [0.5, 0.6) is 0 Å². The molecule has 20 heavy (non-hydrogen) atoms. The van der Waals surface area contributed by atoms with Crippen LogP contribution in [0.1, 0.15) is 30.1 Å². The Morgan fingerprint density at radius 2 is 2.20 bits per heavy atom. The Hall–Kier alpha value is -1.65. The number of carbonyl (C=O) groups is 1. The summed E-state index contributed by atoms with van der Waals surface area (Å²) in [5.41, 5.74) is 1.23. The van der Waals surface area contributed by atoms with Gasteiger partial charge in [-0.1, -0.05) is 29.8 Å². The summed E-state index contributed by atoms with van der Waals surface area (Å²) >= 11 is 5.96. The monoisotopic (exact) mass is 292 g/mol. The summed E-state index contributed by atoms with van der Waals surface area (Å²) in [4.78, 5) is 16.5. The van der Waals surface area contributed by atoms with E-state index in [1.165, 1.54) is 0 Å². The van der Waals surface area contributed by atoms with Crippen molar-refractivity contribution in [2.45, 2.75) is 25.8 Å². The Kier molecular flexibility index (Phi) is 4.93. The summed E-state index contributed by atoms with van der Waals surface area (Å²) in [7, 11) is 0. The lowest BCUT2D eigenvalue weighted by Crippen LogP contribution is -2.32.